The van der Waals surface area contributed by atoms with E-state index < -0.39 is 0 Å². The fraction of sp³-hybridized carbons (Fsp3) is 1.00. The van der Waals surface area contributed by atoms with E-state index in [-0.39, 0.29) is 0 Å². The standard InChI is InChI=1S/C14H31N3/c1-12(2)9-14(10-15)17-7-5-16(6-8-17)11-13(3)4/h12-14H,5-11,15H2,1-4H3. The van der Waals surface area contributed by atoms with Gasteiger partial charge < -0.3 is 10.6 Å². The van der Waals surface area contributed by atoms with Gasteiger partial charge in [-0.15, -0.1) is 0 Å². The lowest BCUT2D eigenvalue weighted by molar-refractivity contribution is 0.0833. The zero-order valence-corrected chi connectivity index (χ0v) is 12.2. The van der Waals surface area contributed by atoms with Gasteiger partial charge in [0, 0.05) is 45.3 Å². The molecule has 0 aromatic rings. The van der Waals surface area contributed by atoms with Crippen LogP contribution in [0.5, 0.6) is 0 Å². The van der Waals surface area contributed by atoms with E-state index in [0.717, 1.165) is 18.4 Å². The maximum atomic E-state index is 5.91. The van der Waals surface area contributed by atoms with Crippen LogP contribution >= 0.6 is 0 Å². The zero-order valence-electron chi connectivity index (χ0n) is 12.2. The van der Waals surface area contributed by atoms with E-state index >= 15 is 0 Å². The number of nitrogens with zero attached hydrogens (tertiary/aromatic N) is 2. The molecule has 1 aliphatic heterocycles. The number of rotatable bonds is 6. The van der Waals surface area contributed by atoms with Crippen LogP contribution in [0, 0.1) is 11.8 Å². The topological polar surface area (TPSA) is 32.5 Å². The molecule has 1 saturated heterocycles. The van der Waals surface area contributed by atoms with Gasteiger partial charge in [0.15, 0.2) is 0 Å². The lowest BCUT2D eigenvalue weighted by atomic mass is 10.0. The van der Waals surface area contributed by atoms with Crippen LogP contribution in [0.15, 0.2) is 0 Å². The molecule has 17 heavy (non-hydrogen) atoms. The Kier molecular flexibility index (Phi) is 6.45. The number of piperazine rings is 1. The van der Waals surface area contributed by atoms with Crippen molar-refractivity contribution < 1.29 is 0 Å². The lowest BCUT2D eigenvalue weighted by Crippen LogP contribution is -2.53. The van der Waals surface area contributed by atoms with E-state index in [2.05, 4.69) is 37.5 Å². The van der Waals surface area contributed by atoms with Crippen LogP contribution in [-0.2, 0) is 0 Å². The van der Waals surface area contributed by atoms with Gasteiger partial charge in [0.2, 0.25) is 0 Å². The van der Waals surface area contributed by atoms with Gasteiger partial charge in [-0.1, -0.05) is 27.7 Å². The molecular weight excluding hydrogens is 210 g/mol. The minimum Gasteiger partial charge on any atom is -0.329 e. The highest BCUT2D eigenvalue weighted by atomic mass is 15.3. The molecule has 102 valence electrons. The first kappa shape index (κ1) is 14.9. The van der Waals surface area contributed by atoms with Crippen molar-refractivity contribution >= 4 is 0 Å². The van der Waals surface area contributed by atoms with E-state index in [0.29, 0.717) is 6.04 Å². The molecule has 0 spiro atoms. The molecule has 0 aromatic carbocycles. The van der Waals surface area contributed by atoms with Crippen LogP contribution < -0.4 is 5.73 Å². The summed E-state index contributed by atoms with van der Waals surface area (Å²) in [7, 11) is 0. The summed E-state index contributed by atoms with van der Waals surface area (Å²) in [4.78, 5) is 5.18. The molecule has 0 aromatic heterocycles. The summed E-state index contributed by atoms with van der Waals surface area (Å²) in [6, 6.07) is 0.594. The Hall–Kier alpha value is -0.120. The fourth-order valence-electron chi connectivity index (χ4n) is 2.77. The average molecular weight is 241 g/mol. The molecule has 0 aliphatic carbocycles. The van der Waals surface area contributed by atoms with Crippen LogP contribution in [0.2, 0.25) is 0 Å². The second-order valence-corrected chi connectivity index (χ2v) is 6.25. The highest BCUT2D eigenvalue weighted by molar-refractivity contribution is 4.80. The Labute approximate surface area is 107 Å². The van der Waals surface area contributed by atoms with E-state index in [1.165, 1.54) is 39.1 Å². The van der Waals surface area contributed by atoms with Crippen LogP contribution in [0.1, 0.15) is 34.1 Å². The normalized spacial score (nSPS) is 21.4. The highest BCUT2D eigenvalue weighted by Crippen LogP contribution is 2.14. The predicted molar refractivity (Wildman–Crippen MR) is 75.1 cm³/mol. The van der Waals surface area contributed by atoms with Crippen molar-refractivity contribution in [2.24, 2.45) is 17.6 Å². The zero-order chi connectivity index (χ0) is 12.8. The maximum Gasteiger partial charge on any atom is 0.0221 e. The first-order valence-corrected chi connectivity index (χ1v) is 7.19. The van der Waals surface area contributed by atoms with Crippen molar-refractivity contribution in [1.29, 1.82) is 0 Å². The molecule has 1 fully saturated rings. The molecular formula is C14H31N3. The van der Waals surface area contributed by atoms with Gasteiger partial charge in [0.05, 0.1) is 0 Å². The second-order valence-electron chi connectivity index (χ2n) is 6.25. The van der Waals surface area contributed by atoms with Crippen LogP contribution in [0.25, 0.3) is 0 Å². The summed E-state index contributed by atoms with van der Waals surface area (Å²) in [6.45, 7) is 16.0. The maximum absolute atomic E-state index is 5.91. The van der Waals surface area contributed by atoms with Crippen molar-refractivity contribution in [3.63, 3.8) is 0 Å². The summed E-state index contributed by atoms with van der Waals surface area (Å²) in [5, 5.41) is 0. The third-order valence-electron chi connectivity index (χ3n) is 3.56. The third kappa shape index (κ3) is 5.36. The Morgan fingerprint density at radius 3 is 1.94 bits per heavy atom. The first-order chi connectivity index (χ1) is 8.02. The molecule has 0 radical (unpaired) electrons. The fourth-order valence-corrected chi connectivity index (χ4v) is 2.77. The predicted octanol–water partition coefficient (Wildman–Crippen LogP) is 1.63. The Morgan fingerprint density at radius 2 is 1.53 bits per heavy atom. The minimum absolute atomic E-state index is 0.594. The molecule has 1 aliphatic rings. The van der Waals surface area contributed by atoms with E-state index in [4.69, 9.17) is 5.73 Å². The molecule has 3 heteroatoms. The third-order valence-corrected chi connectivity index (χ3v) is 3.56. The number of hydrogen-bond donors (Lipinski definition) is 1. The quantitative estimate of drug-likeness (QED) is 0.767. The molecule has 0 amide bonds. The summed E-state index contributed by atoms with van der Waals surface area (Å²) in [6.07, 6.45) is 1.24. The van der Waals surface area contributed by atoms with Crippen LogP contribution in [-0.4, -0.2) is 55.1 Å². The van der Waals surface area contributed by atoms with Crippen LogP contribution in [0.3, 0.4) is 0 Å². The summed E-state index contributed by atoms with van der Waals surface area (Å²) >= 11 is 0. The number of nitrogens with two attached hydrogens (primary N) is 1. The van der Waals surface area contributed by atoms with E-state index in [1.807, 2.05) is 0 Å². The summed E-state index contributed by atoms with van der Waals surface area (Å²) < 4.78 is 0. The van der Waals surface area contributed by atoms with Crippen molar-refractivity contribution in [3.05, 3.63) is 0 Å². The van der Waals surface area contributed by atoms with Crippen LogP contribution in [0.4, 0.5) is 0 Å². The first-order valence-electron chi connectivity index (χ1n) is 7.19. The molecule has 1 heterocycles. The van der Waals surface area contributed by atoms with Crippen molar-refractivity contribution in [2.45, 2.75) is 40.2 Å². The molecule has 1 atom stereocenters. The van der Waals surface area contributed by atoms with Gasteiger partial charge in [-0.2, -0.15) is 0 Å². The van der Waals surface area contributed by atoms with Crippen molar-refractivity contribution in [3.8, 4) is 0 Å². The summed E-state index contributed by atoms with van der Waals surface area (Å²) in [5.41, 5.74) is 5.91. The van der Waals surface area contributed by atoms with E-state index in [9.17, 15) is 0 Å². The Balaban J connectivity index is 2.34. The molecule has 2 N–H and O–H groups in total. The second kappa shape index (κ2) is 7.34. The molecule has 1 rings (SSSR count). The molecule has 0 saturated carbocycles. The molecule has 3 nitrogen and oxygen atoms in total. The average Bonchev–Trinajstić information content (AvgIpc) is 2.26. The van der Waals surface area contributed by atoms with Gasteiger partial charge in [0.1, 0.15) is 0 Å². The number of hydrogen-bond acceptors (Lipinski definition) is 3. The van der Waals surface area contributed by atoms with Gasteiger partial charge in [-0.3, -0.25) is 4.90 Å². The smallest absolute Gasteiger partial charge is 0.0221 e. The van der Waals surface area contributed by atoms with Gasteiger partial charge in [-0.05, 0) is 18.3 Å². The Morgan fingerprint density at radius 1 is 0.941 bits per heavy atom. The van der Waals surface area contributed by atoms with Gasteiger partial charge in [-0.25, -0.2) is 0 Å². The molecule has 1 unspecified atom stereocenters. The van der Waals surface area contributed by atoms with Crippen molar-refractivity contribution in [2.75, 3.05) is 39.3 Å². The van der Waals surface area contributed by atoms with Crippen molar-refractivity contribution in [1.82, 2.24) is 9.80 Å². The largest absolute Gasteiger partial charge is 0.329 e. The van der Waals surface area contributed by atoms with Gasteiger partial charge in [0.25, 0.3) is 0 Å². The Bertz CT molecular complexity index is 196. The summed E-state index contributed by atoms with van der Waals surface area (Å²) in [5.74, 6) is 1.53. The minimum atomic E-state index is 0.594. The highest BCUT2D eigenvalue weighted by Gasteiger charge is 2.23. The lowest BCUT2D eigenvalue weighted by Gasteiger charge is -2.40. The molecule has 0 bridgehead atoms. The SMILES string of the molecule is CC(C)CC(CN)N1CCN(CC(C)C)CC1. The monoisotopic (exact) mass is 241 g/mol. The van der Waals surface area contributed by atoms with E-state index in [1.54, 1.807) is 0 Å². The van der Waals surface area contributed by atoms with Gasteiger partial charge >= 0.3 is 0 Å².